The molecule has 0 amide bonds. The molecule has 0 aromatic carbocycles. The van der Waals surface area contributed by atoms with E-state index >= 15 is 0 Å². The van der Waals surface area contributed by atoms with Gasteiger partial charge in [-0.05, 0) is 46.7 Å². The van der Waals surface area contributed by atoms with Gasteiger partial charge in [0.1, 0.15) is 0 Å². The monoisotopic (exact) mass is 235 g/mol. The molecular formula is C14H25N3. The molecule has 1 aromatic rings. The average molecular weight is 235 g/mol. The molecule has 0 aliphatic carbocycles. The summed E-state index contributed by atoms with van der Waals surface area (Å²) in [5, 5.41) is 4.42. The summed E-state index contributed by atoms with van der Waals surface area (Å²) in [7, 11) is 2.17. The van der Waals surface area contributed by atoms with Crippen LogP contribution >= 0.6 is 0 Å². The van der Waals surface area contributed by atoms with Gasteiger partial charge in [-0.2, -0.15) is 5.10 Å². The van der Waals surface area contributed by atoms with E-state index in [1.165, 1.54) is 11.3 Å². The van der Waals surface area contributed by atoms with Crippen LogP contribution in [0.1, 0.15) is 45.0 Å². The number of nitrogens with zero attached hydrogens (tertiary/aromatic N) is 3. The molecule has 3 nitrogen and oxygen atoms in total. The Morgan fingerprint density at radius 2 is 1.94 bits per heavy atom. The number of allylic oxidation sites excluding steroid dienone is 2. The summed E-state index contributed by atoms with van der Waals surface area (Å²) in [6, 6.07) is 0.482. The van der Waals surface area contributed by atoms with E-state index < -0.39 is 0 Å². The van der Waals surface area contributed by atoms with Crippen molar-refractivity contribution in [1.29, 1.82) is 0 Å². The molecule has 0 radical (unpaired) electrons. The van der Waals surface area contributed by atoms with Crippen LogP contribution < -0.4 is 0 Å². The first-order valence-corrected chi connectivity index (χ1v) is 6.41. The fourth-order valence-corrected chi connectivity index (χ4v) is 1.90. The van der Waals surface area contributed by atoms with Gasteiger partial charge in [-0.1, -0.05) is 12.2 Å². The molecule has 0 fully saturated rings. The van der Waals surface area contributed by atoms with Crippen molar-refractivity contribution in [3.05, 3.63) is 29.6 Å². The van der Waals surface area contributed by atoms with Crippen LogP contribution in [0, 0.1) is 0 Å². The van der Waals surface area contributed by atoms with Crippen molar-refractivity contribution in [2.75, 3.05) is 13.6 Å². The zero-order valence-corrected chi connectivity index (χ0v) is 11.8. The molecule has 1 aliphatic heterocycles. The SMILES string of the molecule is C/C=C/C.CC(C)n1ncc2c1CN(C)CC2. The van der Waals surface area contributed by atoms with Crippen molar-refractivity contribution in [1.82, 2.24) is 14.7 Å². The van der Waals surface area contributed by atoms with Gasteiger partial charge in [0.2, 0.25) is 0 Å². The molecular weight excluding hydrogens is 210 g/mol. The molecule has 0 atom stereocenters. The molecule has 3 heteroatoms. The first-order chi connectivity index (χ1) is 8.10. The van der Waals surface area contributed by atoms with E-state index in [0.29, 0.717) is 6.04 Å². The summed E-state index contributed by atoms with van der Waals surface area (Å²) in [4.78, 5) is 2.35. The Bertz CT molecular complexity index is 360. The van der Waals surface area contributed by atoms with Gasteiger partial charge in [-0.3, -0.25) is 4.68 Å². The van der Waals surface area contributed by atoms with Gasteiger partial charge in [-0.15, -0.1) is 0 Å². The quantitative estimate of drug-likeness (QED) is 0.698. The predicted octanol–water partition coefficient (Wildman–Crippen LogP) is 3.03. The highest BCUT2D eigenvalue weighted by Gasteiger charge is 2.18. The predicted molar refractivity (Wildman–Crippen MR) is 73.1 cm³/mol. The Labute approximate surface area is 105 Å². The lowest BCUT2D eigenvalue weighted by Crippen LogP contribution is -2.28. The van der Waals surface area contributed by atoms with E-state index in [1.807, 2.05) is 32.2 Å². The summed E-state index contributed by atoms with van der Waals surface area (Å²) in [5.41, 5.74) is 2.84. The second-order valence-corrected chi connectivity index (χ2v) is 4.81. The number of hydrogen-bond donors (Lipinski definition) is 0. The Hall–Kier alpha value is -1.09. The van der Waals surface area contributed by atoms with Crippen molar-refractivity contribution >= 4 is 0 Å². The Kier molecular flexibility index (Phi) is 5.42. The minimum atomic E-state index is 0.482. The maximum atomic E-state index is 4.42. The first-order valence-electron chi connectivity index (χ1n) is 6.41. The third-order valence-corrected chi connectivity index (χ3v) is 2.99. The van der Waals surface area contributed by atoms with Crippen molar-refractivity contribution < 1.29 is 0 Å². The van der Waals surface area contributed by atoms with Crippen molar-refractivity contribution in [3.63, 3.8) is 0 Å². The number of likely N-dealkylation sites (N-methyl/N-ethyl adjacent to an activating group) is 1. The third kappa shape index (κ3) is 3.70. The summed E-state index contributed by atoms with van der Waals surface area (Å²) >= 11 is 0. The van der Waals surface area contributed by atoms with Gasteiger partial charge in [0.25, 0.3) is 0 Å². The lowest BCUT2D eigenvalue weighted by atomic mass is 10.1. The highest BCUT2D eigenvalue weighted by Crippen LogP contribution is 2.20. The highest BCUT2D eigenvalue weighted by atomic mass is 15.3. The summed E-state index contributed by atoms with van der Waals surface area (Å²) in [6.07, 6.45) is 7.18. The van der Waals surface area contributed by atoms with Gasteiger partial charge in [-0.25, -0.2) is 0 Å². The molecule has 2 heterocycles. The molecule has 96 valence electrons. The maximum Gasteiger partial charge on any atom is 0.0559 e. The smallest absolute Gasteiger partial charge is 0.0559 e. The minimum Gasteiger partial charge on any atom is -0.300 e. The van der Waals surface area contributed by atoms with Gasteiger partial charge in [0, 0.05) is 19.1 Å². The molecule has 0 N–H and O–H groups in total. The summed E-state index contributed by atoms with van der Waals surface area (Å²) < 4.78 is 2.14. The summed E-state index contributed by atoms with van der Waals surface area (Å²) in [6.45, 7) is 10.6. The number of rotatable bonds is 1. The minimum absolute atomic E-state index is 0.482. The van der Waals surface area contributed by atoms with Crippen LogP contribution in [0.3, 0.4) is 0 Å². The van der Waals surface area contributed by atoms with E-state index in [1.54, 1.807) is 0 Å². The van der Waals surface area contributed by atoms with Crippen molar-refractivity contribution in [2.45, 2.75) is 46.7 Å². The molecule has 0 saturated carbocycles. The third-order valence-electron chi connectivity index (χ3n) is 2.99. The molecule has 2 rings (SSSR count). The molecule has 0 saturated heterocycles. The zero-order chi connectivity index (χ0) is 12.8. The Balaban J connectivity index is 0.000000317. The topological polar surface area (TPSA) is 21.1 Å². The Morgan fingerprint density at radius 3 is 2.47 bits per heavy atom. The van der Waals surface area contributed by atoms with Crippen LogP contribution in [0.5, 0.6) is 0 Å². The molecule has 0 spiro atoms. The second-order valence-electron chi connectivity index (χ2n) is 4.81. The van der Waals surface area contributed by atoms with Crippen LogP contribution in [0.25, 0.3) is 0 Å². The Morgan fingerprint density at radius 1 is 1.29 bits per heavy atom. The van der Waals surface area contributed by atoms with Crippen molar-refractivity contribution in [2.24, 2.45) is 0 Å². The number of hydrogen-bond acceptors (Lipinski definition) is 2. The summed E-state index contributed by atoms with van der Waals surface area (Å²) in [5.74, 6) is 0. The van der Waals surface area contributed by atoms with Crippen LogP contribution in [-0.4, -0.2) is 28.3 Å². The molecule has 1 aromatic heterocycles. The molecule has 17 heavy (non-hydrogen) atoms. The average Bonchev–Trinajstić information content (AvgIpc) is 2.72. The van der Waals surface area contributed by atoms with E-state index in [2.05, 4.69) is 35.6 Å². The van der Waals surface area contributed by atoms with Gasteiger partial charge in [0.15, 0.2) is 0 Å². The van der Waals surface area contributed by atoms with E-state index in [0.717, 1.165) is 19.5 Å². The van der Waals surface area contributed by atoms with Crippen LogP contribution in [0.15, 0.2) is 18.3 Å². The second kappa shape index (κ2) is 6.60. The molecule has 1 aliphatic rings. The fourth-order valence-electron chi connectivity index (χ4n) is 1.90. The lowest BCUT2D eigenvalue weighted by Gasteiger charge is -2.24. The van der Waals surface area contributed by atoms with Gasteiger partial charge in [0.05, 0.1) is 11.9 Å². The van der Waals surface area contributed by atoms with Crippen molar-refractivity contribution in [3.8, 4) is 0 Å². The first kappa shape index (κ1) is 14.0. The lowest BCUT2D eigenvalue weighted by molar-refractivity contribution is 0.296. The standard InChI is InChI=1S/C10H17N3.C4H8/c1-8(2)13-10-7-12(3)5-4-9(10)6-11-13;1-3-4-2/h6,8H,4-5,7H2,1-3H3;3-4H,1-2H3/b;4-3+. The van der Waals surface area contributed by atoms with E-state index in [9.17, 15) is 0 Å². The van der Waals surface area contributed by atoms with Crippen LogP contribution in [0.2, 0.25) is 0 Å². The molecule has 0 unspecified atom stereocenters. The van der Waals surface area contributed by atoms with Gasteiger partial charge >= 0.3 is 0 Å². The van der Waals surface area contributed by atoms with Crippen LogP contribution in [-0.2, 0) is 13.0 Å². The number of fused-ring (bicyclic) bond motifs is 1. The highest BCUT2D eigenvalue weighted by molar-refractivity contribution is 5.21. The largest absolute Gasteiger partial charge is 0.300 e. The zero-order valence-electron chi connectivity index (χ0n) is 11.8. The van der Waals surface area contributed by atoms with E-state index in [-0.39, 0.29) is 0 Å². The maximum absolute atomic E-state index is 4.42. The van der Waals surface area contributed by atoms with Gasteiger partial charge < -0.3 is 4.90 Å². The normalized spacial score (nSPS) is 15.9. The van der Waals surface area contributed by atoms with E-state index in [4.69, 9.17) is 0 Å². The van der Waals surface area contributed by atoms with Crippen LogP contribution in [0.4, 0.5) is 0 Å². The molecule has 0 bridgehead atoms. The number of aromatic nitrogens is 2. The fraction of sp³-hybridized carbons (Fsp3) is 0.643.